The highest BCUT2D eigenvalue weighted by Gasteiger charge is 2.07. The first-order valence-corrected chi connectivity index (χ1v) is 6.08. The molecule has 0 amide bonds. The number of nitrogens with one attached hydrogen (secondary N) is 1. The van der Waals surface area contributed by atoms with Crippen LogP contribution in [0.3, 0.4) is 0 Å². The Kier molecular flexibility index (Phi) is 6.07. The van der Waals surface area contributed by atoms with Gasteiger partial charge in [0.15, 0.2) is 0 Å². The summed E-state index contributed by atoms with van der Waals surface area (Å²) >= 11 is 1.68. The summed E-state index contributed by atoms with van der Waals surface area (Å²) in [7, 11) is 1.35. The number of hydrogen-bond donors (Lipinski definition) is 2. The molecule has 16 heavy (non-hydrogen) atoms. The van der Waals surface area contributed by atoms with E-state index < -0.39 is 6.10 Å². The van der Waals surface area contributed by atoms with Crippen LogP contribution < -0.4 is 5.32 Å². The van der Waals surface area contributed by atoms with Gasteiger partial charge in [-0.05, 0) is 17.9 Å². The van der Waals surface area contributed by atoms with Gasteiger partial charge in [-0.25, -0.2) is 0 Å². The fraction of sp³-hybridized carbons (Fsp3) is 0.545. The van der Waals surface area contributed by atoms with E-state index >= 15 is 0 Å². The molecule has 2 N–H and O–H groups in total. The van der Waals surface area contributed by atoms with Crippen molar-refractivity contribution in [1.82, 2.24) is 5.32 Å². The molecule has 0 radical (unpaired) electrons. The van der Waals surface area contributed by atoms with E-state index in [1.54, 1.807) is 11.3 Å². The van der Waals surface area contributed by atoms with Gasteiger partial charge in [-0.2, -0.15) is 0 Å². The van der Waals surface area contributed by atoms with Gasteiger partial charge >= 0.3 is 5.97 Å². The summed E-state index contributed by atoms with van der Waals surface area (Å²) in [5.41, 5.74) is 0. The molecular formula is C11H17NO3S. The summed E-state index contributed by atoms with van der Waals surface area (Å²) < 4.78 is 4.50. The van der Waals surface area contributed by atoms with Crippen molar-refractivity contribution >= 4 is 17.3 Å². The Morgan fingerprint density at radius 1 is 1.69 bits per heavy atom. The molecule has 0 aliphatic rings. The lowest BCUT2D eigenvalue weighted by Gasteiger charge is -2.10. The van der Waals surface area contributed by atoms with Crippen LogP contribution in [0.25, 0.3) is 0 Å². The Morgan fingerprint density at radius 2 is 2.50 bits per heavy atom. The summed E-state index contributed by atoms with van der Waals surface area (Å²) in [5, 5.41) is 14.7. The zero-order chi connectivity index (χ0) is 11.8. The Bertz CT molecular complexity index is 300. The molecule has 0 saturated heterocycles. The molecule has 1 unspecified atom stereocenters. The van der Waals surface area contributed by atoms with E-state index in [9.17, 15) is 9.90 Å². The lowest BCUT2D eigenvalue weighted by molar-refractivity contribution is -0.141. The second kappa shape index (κ2) is 7.38. The molecule has 0 spiro atoms. The minimum absolute atomic E-state index is 0.262. The molecule has 0 bridgehead atoms. The zero-order valence-corrected chi connectivity index (χ0v) is 10.1. The molecule has 0 fully saturated rings. The smallest absolute Gasteiger partial charge is 0.305 e. The van der Waals surface area contributed by atoms with Gasteiger partial charge in [0.05, 0.1) is 13.2 Å². The molecule has 0 saturated carbocycles. The maximum Gasteiger partial charge on any atom is 0.305 e. The van der Waals surface area contributed by atoms with Crippen molar-refractivity contribution in [1.29, 1.82) is 0 Å². The van der Waals surface area contributed by atoms with Crippen molar-refractivity contribution in [3.8, 4) is 0 Å². The summed E-state index contributed by atoms with van der Waals surface area (Å²) in [5.74, 6) is -0.280. The number of carbonyl (C=O) groups excluding carboxylic acids is 1. The van der Waals surface area contributed by atoms with Crippen LogP contribution in [0.5, 0.6) is 0 Å². The Labute approximate surface area is 99.2 Å². The normalized spacial score (nSPS) is 12.4. The summed E-state index contributed by atoms with van der Waals surface area (Å²) in [6.07, 6.45) is 0.196. The van der Waals surface area contributed by atoms with Crippen LogP contribution >= 0.6 is 11.3 Å². The predicted octanol–water partition coefficient (Wildman–Crippen LogP) is 1.15. The van der Waals surface area contributed by atoms with Crippen LogP contribution in [0.2, 0.25) is 0 Å². The highest BCUT2D eigenvalue weighted by Crippen LogP contribution is 2.07. The van der Waals surface area contributed by atoms with Crippen molar-refractivity contribution in [3.05, 3.63) is 22.4 Å². The van der Waals surface area contributed by atoms with Crippen LogP contribution in [0.1, 0.15) is 17.7 Å². The lowest BCUT2D eigenvalue weighted by atomic mass is 10.2. The van der Waals surface area contributed by atoms with Crippen LogP contribution in [-0.2, 0) is 16.1 Å². The molecular weight excluding hydrogens is 226 g/mol. The molecule has 90 valence electrons. The first kappa shape index (κ1) is 13.2. The van der Waals surface area contributed by atoms with E-state index in [1.807, 2.05) is 17.5 Å². The first-order valence-electron chi connectivity index (χ1n) is 5.20. The number of carbonyl (C=O) groups is 1. The second-order valence-electron chi connectivity index (χ2n) is 3.48. The quantitative estimate of drug-likeness (QED) is 0.705. The van der Waals surface area contributed by atoms with Gasteiger partial charge in [0.2, 0.25) is 0 Å². The van der Waals surface area contributed by atoms with Crippen molar-refractivity contribution in [3.63, 3.8) is 0 Å². The molecule has 0 aromatic carbocycles. The van der Waals surface area contributed by atoms with Gasteiger partial charge in [-0.3, -0.25) is 4.79 Å². The van der Waals surface area contributed by atoms with E-state index in [1.165, 1.54) is 12.0 Å². The summed E-state index contributed by atoms with van der Waals surface area (Å²) in [6.45, 7) is 1.25. The number of aliphatic hydroxyl groups is 1. The monoisotopic (exact) mass is 243 g/mol. The zero-order valence-electron chi connectivity index (χ0n) is 9.31. The van der Waals surface area contributed by atoms with Gasteiger partial charge in [0.1, 0.15) is 0 Å². The second-order valence-corrected chi connectivity index (χ2v) is 4.51. The molecule has 1 heterocycles. The minimum atomic E-state index is -0.501. The highest BCUT2D eigenvalue weighted by atomic mass is 32.1. The third-order valence-electron chi connectivity index (χ3n) is 2.17. The van der Waals surface area contributed by atoms with Crippen molar-refractivity contribution in [2.75, 3.05) is 13.7 Å². The van der Waals surface area contributed by atoms with E-state index in [4.69, 9.17) is 0 Å². The average molecular weight is 243 g/mol. The first-order chi connectivity index (χ1) is 7.72. The minimum Gasteiger partial charge on any atom is -0.469 e. The summed E-state index contributed by atoms with van der Waals surface area (Å²) in [6, 6.07) is 4.04. The number of thiophene rings is 1. The molecule has 4 nitrogen and oxygen atoms in total. The summed E-state index contributed by atoms with van der Waals surface area (Å²) in [4.78, 5) is 12.1. The predicted molar refractivity (Wildman–Crippen MR) is 63.3 cm³/mol. The third-order valence-corrected chi connectivity index (χ3v) is 3.05. The van der Waals surface area contributed by atoms with Crippen LogP contribution in [-0.4, -0.2) is 30.8 Å². The topological polar surface area (TPSA) is 58.6 Å². The van der Waals surface area contributed by atoms with Crippen LogP contribution in [0.4, 0.5) is 0 Å². The average Bonchev–Trinajstić information content (AvgIpc) is 2.79. The molecule has 1 atom stereocenters. The number of rotatable bonds is 7. The van der Waals surface area contributed by atoms with E-state index in [2.05, 4.69) is 10.1 Å². The largest absolute Gasteiger partial charge is 0.469 e. The number of esters is 1. The van der Waals surface area contributed by atoms with Gasteiger partial charge in [0, 0.05) is 24.4 Å². The van der Waals surface area contributed by atoms with Crippen LogP contribution in [0.15, 0.2) is 17.5 Å². The number of hydrogen-bond acceptors (Lipinski definition) is 5. The van der Waals surface area contributed by atoms with E-state index in [0.717, 1.165) is 6.54 Å². The number of aliphatic hydroxyl groups excluding tert-OH is 1. The molecule has 0 aliphatic carbocycles. The van der Waals surface area contributed by atoms with Gasteiger partial charge < -0.3 is 15.2 Å². The fourth-order valence-corrected chi connectivity index (χ4v) is 1.94. The van der Waals surface area contributed by atoms with Crippen molar-refractivity contribution < 1.29 is 14.6 Å². The Morgan fingerprint density at radius 3 is 3.12 bits per heavy atom. The van der Waals surface area contributed by atoms with Crippen molar-refractivity contribution in [2.45, 2.75) is 25.5 Å². The molecule has 1 rings (SSSR count). The molecule has 0 aliphatic heterocycles. The molecule has 1 aromatic rings. The Hall–Kier alpha value is -0.910. The fourth-order valence-electron chi connectivity index (χ4n) is 1.26. The lowest BCUT2D eigenvalue weighted by Crippen LogP contribution is -2.26. The maximum atomic E-state index is 10.8. The van der Waals surface area contributed by atoms with E-state index in [0.29, 0.717) is 13.0 Å². The molecule has 1 aromatic heterocycles. The van der Waals surface area contributed by atoms with Crippen LogP contribution in [0, 0.1) is 0 Å². The number of ether oxygens (including phenoxy) is 1. The maximum absolute atomic E-state index is 10.8. The third kappa shape index (κ3) is 5.25. The van der Waals surface area contributed by atoms with E-state index in [-0.39, 0.29) is 12.4 Å². The van der Waals surface area contributed by atoms with Gasteiger partial charge in [0.25, 0.3) is 0 Å². The Balaban J connectivity index is 2.06. The highest BCUT2D eigenvalue weighted by molar-refractivity contribution is 7.09. The number of methoxy groups -OCH3 is 1. The van der Waals surface area contributed by atoms with Gasteiger partial charge in [-0.15, -0.1) is 11.3 Å². The van der Waals surface area contributed by atoms with Crippen molar-refractivity contribution in [2.24, 2.45) is 0 Å². The standard InChI is InChI=1S/C11H17NO3S/c1-15-11(14)5-4-9(13)7-12-8-10-3-2-6-16-10/h2-3,6,9,12-13H,4-5,7-8H2,1H3. The van der Waals surface area contributed by atoms with Gasteiger partial charge in [-0.1, -0.05) is 6.07 Å². The molecule has 5 heteroatoms. The SMILES string of the molecule is COC(=O)CCC(O)CNCc1cccs1.